The van der Waals surface area contributed by atoms with Crippen LogP contribution in [0.3, 0.4) is 0 Å². The predicted molar refractivity (Wildman–Crippen MR) is 85.1 cm³/mol. The lowest BCUT2D eigenvalue weighted by Crippen LogP contribution is -2.33. The Labute approximate surface area is 143 Å². The molecule has 0 saturated carbocycles. The smallest absolute Gasteiger partial charge is 0.344 e. The number of aryl methyl sites for hydroxylation is 2. The van der Waals surface area contributed by atoms with E-state index in [2.05, 4.69) is 20.4 Å². The number of nitrogens with zero attached hydrogens (tertiary/aromatic N) is 5. The summed E-state index contributed by atoms with van der Waals surface area (Å²) in [5.41, 5.74) is 1.77. The molecule has 0 radical (unpaired) electrons. The second-order valence-electron chi connectivity index (χ2n) is 5.82. The van der Waals surface area contributed by atoms with Gasteiger partial charge in [-0.3, -0.25) is 4.79 Å². The number of nitrogens with one attached hydrogen (secondary N) is 1. The minimum Gasteiger partial charge on any atom is -0.344 e. The Bertz CT molecular complexity index is 771. The molecule has 0 atom stereocenters. The third-order valence-electron chi connectivity index (χ3n) is 4.01. The highest BCUT2D eigenvalue weighted by Gasteiger charge is 2.36. The average Bonchev–Trinajstić information content (AvgIpc) is 2.96. The van der Waals surface area contributed by atoms with Gasteiger partial charge in [-0.2, -0.15) is 18.2 Å². The number of alkyl halides is 3. The quantitative estimate of drug-likeness (QED) is 0.844. The minimum atomic E-state index is -4.62. The molecule has 7 nitrogen and oxygen atoms in total. The minimum absolute atomic E-state index is 0.0382. The number of carbonyl (C=O) groups excluding carboxylic acids is 1. The number of amides is 1. The van der Waals surface area contributed by atoms with Crippen LogP contribution < -0.4 is 5.32 Å². The summed E-state index contributed by atoms with van der Waals surface area (Å²) in [6.45, 7) is 4.62. The van der Waals surface area contributed by atoms with Crippen LogP contribution in [0.1, 0.15) is 29.2 Å². The zero-order valence-electron chi connectivity index (χ0n) is 14.6. The number of hydrogen-bond donors (Lipinski definition) is 1. The van der Waals surface area contributed by atoms with Gasteiger partial charge in [-0.25, -0.2) is 9.50 Å². The number of carbonyl (C=O) groups is 1. The highest BCUT2D eigenvalue weighted by Crippen LogP contribution is 2.27. The maximum atomic E-state index is 12.8. The Kier molecular flexibility index (Phi) is 5.61. The van der Waals surface area contributed by atoms with Crippen LogP contribution in [0.2, 0.25) is 0 Å². The molecular weight excluding hydrogens is 337 g/mol. The standard InChI is InChI=1S/C15H21F3N6O/c1-9-11(5-6-12(25)23(4)8-7-19-3)10(2)24-14(20-9)21-13(22-24)15(16,17)18/h19H,5-8H2,1-4H3. The number of likely N-dealkylation sites (N-methyl/N-ethyl adjacent to an activating group) is 2. The number of rotatable bonds is 6. The third kappa shape index (κ3) is 4.25. The van der Waals surface area contributed by atoms with Gasteiger partial charge in [0, 0.05) is 37.9 Å². The van der Waals surface area contributed by atoms with Gasteiger partial charge in [0.05, 0.1) is 0 Å². The van der Waals surface area contributed by atoms with E-state index in [0.717, 1.165) is 4.52 Å². The lowest BCUT2D eigenvalue weighted by atomic mass is 10.1. The molecule has 1 N–H and O–H groups in total. The van der Waals surface area contributed by atoms with Gasteiger partial charge in [0.15, 0.2) is 0 Å². The van der Waals surface area contributed by atoms with Crippen molar-refractivity contribution in [3.63, 3.8) is 0 Å². The fourth-order valence-electron chi connectivity index (χ4n) is 2.52. The number of hydrogen-bond acceptors (Lipinski definition) is 5. The monoisotopic (exact) mass is 358 g/mol. The maximum Gasteiger partial charge on any atom is 0.453 e. The summed E-state index contributed by atoms with van der Waals surface area (Å²) in [5, 5.41) is 6.47. The van der Waals surface area contributed by atoms with Crippen LogP contribution in [0.25, 0.3) is 5.78 Å². The van der Waals surface area contributed by atoms with Gasteiger partial charge < -0.3 is 10.2 Å². The molecule has 0 aliphatic heterocycles. The van der Waals surface area contributed by atoms with Crippen molar-refractivity contribution in [3.05, 3.63) is 22.8 Å². The Morgan fingerprint density at radius 3 is 2.56 bits per heavy atom. The van der Waals surface area contributed by atoms with Crippen molar-refractivity contribution in [1.82, 2.24) is 29.8 Å². The summed E-state index contributed by atoms with van der Waals surface area (Å²) in [7, 11) is 3.52. The van der Waals surface area contributed by atoms with Crippen molar-refractivity contribution in [2.75, 3.05) is 27.2 Å². The van der Waals surface area contributed by atoms with E-state index in [1.807, 2.05) is 0 Å². The molecule has 0 aromatic carbocycles. The highest BCUT2D eigenvalue weighted by molar-refractivity contribution is 5.76. The molecule has 0 spiro atoms. The molecule has 1 amide bonds. The van der Waals surface area contributed by atoms with E-state index in [9.17, 15) is 18.0 Å². The summed E-state index contributed by atoms with van der Waals surface area (Å²) in [5.74, 6) is -1.35. The molecule has 2 rings (SSSR count). The third-order valence-corrected chi connectivity index (χ3v) is 4.01. The predicted octanol–water partition coefficient (Wildman–Crippen LogP) is 1.37. The SMILES string of the molecule is CNCCN(C)C(=O)CCc1c(C)nc2nc(C(F)(F)F)nn2c1C. The molecule has 0 unspecified atom stereocenters. The van der Waals surface area contributed by atoms with Crippen LogP contribution >= 0.6 is 0 Å². The first kappa shape index (κ1) is 19.1. The summed E-state index contributed by atoms with van der Waals surface area (Å²) in [6, 6.07) is 0. The van der Waals surface area contributed by atoms with Crippen molar-refractivity contribution in [1.29, 1.82) is 0 Å². The van der Waals surface area contributed by atoms with E-state index >= 15 is 0 Å². The van der Waals surface area contributed by atoms with Crippen molar-refractivity contribution >= 4 is 11.7 Å². The van der Waals surface area contributed by atoms with Crippen LogP contribution in [0.4, 0.5) is 13.2 Å². The summed E-state index contributed by atoms with van der Waals surface area (Å²) >= 11 is 0. The van der Waals surface area contributed by atoms with Gasteiger partial charge in [0.25, 0.3) is 11.6 Å². The molecular formula is C15H21F3N6O. The topological polar surface area (TPSA) is 75.4 Å². The van der Waals surface area contributed by atoms with Gasteiger partial charge in [-0.1, -0.05) is 0 Å². The fraction of sp³-hybridized carbons (Fsp3) is 0.600. The molecule has 0 saturated heterocycles. The molecule has 0 fully saturated rings. The molecule has 2 heterocycles. The van der Waals surface area contributed by atoms with Crippen LogP contribution in [-0.4, -0.2) is 57.6 Å². The second-order valence-corrected chi connectivity index (χ2v) is 5.82. The largest absolute Gasteiger partial charge is 0.453 e. The molecule has 2 aromatic heterocycles. The lowest BCUT2D eigenvalue weighted by molar-refractivity contribution is -0.144. The van der Waals surface area contributed by atoms with Crippen molar-refractivity contribution in [3.8, 4) is 0 Å². The Morgan fingerprint density at radius 2 is 1.96 bits per heavy atom. The van der Waals surface area contributed by atoms with Crippen LogP contribution in [0.15, 0.2) is 0 Å². The Morgan fingerprint density at radius 1 is 1.28 bits per heavy atom. The second kappa shape index (κ2) is 7.34. The fourth-order valence-corrected chi connectivity index (χ4v) is 2.52. The van der Waals surface area contributed by atoms with Crippen LogP contribution in [-0.2, 0) is 17.4 Å². The van der Waals surface area contributed by atoms with Gasteiger partial charge in [-0.05, 0) is 32.9 Å². The first-order valence-electron chi connectivity index (χ1n) is 7.83. The average molecular weight is 358 g/mol. The van der Waals surface area contributed by atoms with Gasteiger partial charge in [0.1, 0.15) is 0 Å². The molecule has 138 valence electrons. The first-order valence-corrected chi connectivity index (χ1v) is 7.83. The van der Waals surface area contributed by atoms with Gasteiger partial charge in [-0.15, -0.1) is 5.10 Å². The molecule has 0 aliphatic carbocycles. The zero-order valence-corrected chi connectivity index (χ0v) is 14.6. The molecule has 25 heavy (non-hydrogen) atoms. The van der Waals surface area contributed by atoms with Gasteiger partial charge >= 0.3 is 6.18 Å². The van der Waals surface area contributed by atoms with E-state index in [4.69, 9.17) is 0 Å². The summed E-state index contributed by atoms with van der Waals surface area (Å²) < 4.78 is 39.4. The van der Waals surface area contributed by atoms with Crippen LogP contribution in [0.5, 0.6) is 0 Å². The van der Waals surface area contributed by atoms with E-state index in [0.29, 0.717) is 36.5 Å². The number of fused-ring (bicyclic) bond motifs is 1. The van der Waals surface area contributed by atoms with Crippen LogP contribution in [0, 0.1) is 13.8 Å². The zero-order chi connectivity index (χ0) is 18.8. The van der Waals surface area contributed by atoms with E-state index in [-0.39, 0.29) is 18.1 Å². The lowest BCUT2D eigenvalue weighted by Gasteiger charge is -2.17. The van der Waals surface area contributed by atoms with Crippen molar-refractivity contribution in [2.24, 2.45) is 0 Å². The normalized spacial score (nSPS) is 12.0. The van der Waals surface area contributed by atoms with E-state index < -0.39 is 12.0 Å². The van der Waals surface area contributed by atoms with E-state index in [1.165, 1.54) is 0 Å². The number of aromatic nitrogens is 4. The highest BCUT2D eigenvalue weighted by atomic mass is 19.4. The Balaban J connectivity index is 2.22. The molecule has 0 aliphatic rings. The van der Waals surface area contributed by atoms with E-state index in [1.54, 1.807) is 32.8 Å². The first-order chi connectivity index (χ1) is 11.6. The molecule has 0 bridgehead atoms. The molecule has 10 heteroatoms. The van der Waals surface area contributed by atoms with Crippen molar-refractivity contribution < 1.29 is 18.0 Å². The summed E-state index contributed by atoms with van der Waals surface area (Å²) in [4.78, 5) is 21.3. The summed E-state index contributed by atoms with van der Waals surface area (Å²) in [6.07, 6.45) is -4.00. The molecule has 2 aromatic rings. The maximum absolute atomic E-state index is 12.8. The van der Waals surface area contributed by atoms with Crippen molar-refractivity contribution in [2.45, 2.75) is 32.9 Å². The number of halogens is 3. The van der Waals surface area contributed by atoms with Gasteiger partial charge in [0.2, 0.25) is 5.91 Å². The Hall–Kier alpha value is -2.23.